The first kappa shape index (κ1) is 22.6. The van der Waals surface area contributed by atoms with Gasteiger partial charge in [0, 0.05) is 24.7 Å². The highest BCUT2D eigenvalue weighted by molar-refractivity contribution is 5.82. The third-order valence-electron chi connectivity index (χ3n) is 4.57. The van der Waals surface area contributed by atoms with Gasteiger partial charge in [0.2, 0.25) is 0 Å². The Hall–Kier alpha value is -2.64. The van der Waals surface area contributed by atoms with Crippen LogP contribution in [0.5, 0.6) is 5.75 Å². The molecule has 8 nitrogen and oxygen atoms in total. The molecule has 1 amide bonds. The zero-order chi connectivity index (χ0) is 21.8. The van der Waals surface area contributed by atoms with Gasteiger partial charge in [0.15, 0.2) is 0 Å². The largest absolute Gasteiger partial charge is 0.495 e. The zero-order valence-electron chi connectivity index (χ0n) is 18.2. The highest BCUT2D eigenvalue weighted by atomic mass is 16.6. The van der Waals surface area contributed by atoms with E-state index in [1.807, 2.05) is 26.0 Å². The van der Waals surface area contributed by atoms with Crippen molar-refractivity contribution in [2.75, 3.05) is 30.8 Å². The first-order valence-corrected chi connectivity index (χ1v) is 9.88. The molecule has 1 aliphatic heterocycles. The van der Waals surface area contributed by atoms with Crippen molar-refractivity contribution in [3.63, 3.8) is 0 Å². The Morgan fingerprint density at radius 3 is 2.55 bits per heavy atom. The van der Waals surface area contributed by atoms with Gasteiger partial charge in [0.05, 0.1) is 19.3 Å². The van der Waals surface area contributed by atoms with Crippen molar-refractivity contribution in [1.82, 2.24) is 5.32 Å². The quantitative estimate of drug-likeness (QED) is 0.552. The van der Waals surface area contributed by atoms with Crippen LogP contribution in [-0.2, 0) is 14.3 Å². The molecule has 3 N–H and O–H groups in total. The number of hydrogen-bond donors (Lipinski definition) is 2. The number of nitrogens with one attached hydrogen (secondary N) is 1. The molecule has 0 radical (unpaired) electrons. The number of anilines is 2. The number of carbonyl (C=O) groups excluding carboxylic acids is 2. The van der Waals surface area contributed by atoms with Crippen LogP contribution in [0.1, 0.15) is 41.0 Å². The van der Waals surface area contributed by atoms with E-state index in [0.29, 0.717) is 24.4 Å². The minimum Gasteiger partial charge on any atom is -0.495 e. The maximum Gasteiger partial charge on any atom is 0.408 e. The number of methoxy groups -OCH3 is 1. The molecule has 1 aromatic rings. The fourth-order valence-corrected chi connectivity index (χ4v) is 3.17. The van der Waals surface area contributed by atoms with E-state index in [1.54, 1.807) is 33.9 Å². The Balaban J connectivity index is 1.98. The predicted octanol–water partition coefficient (Wildman–Crippen LogP) is 2.95. The van der Waals surface area contributed by atoms with Gasteiger partial charge in [0.25, 0.3) is 0 Å². The van der Waals surface area contributed by atoms with Gasteiger partial charge in [-0.05, 0) is 38.8 Å². The fourth-order valence-electron chi connectivity index (χ4n) is 3.17. The highest BCUT2D eigenvalue weighted by Gasteiger charge is 2.33. The van der Waals surface area contributed by atoms with Crippen molar-refractivity contribution in [2.45, 2.75) is 58.8 Å². The van der Waals surface area contributed by atoms with Crippen molar-refractivity contribution >= 4 is 23.4 Å². The van der Waals surface area contributed by atoms with E-state index in [1.165, 1.54) is 0 Å². The van der Waals surface area contributed by atoms with Gasteiger partial charge in [-0.25, -0.2) is 9.59 Å². The zero-order valence-corrected chi connectivity index (χ0v) is 18.2. The van der Waals surface area contributed by atoms with Crippen LogP contribution in [0.25, 0.3) is 0 Å². The van der Waals surface area contributed by atoms with Gasteiger partial charge in [-0.3, -0.25) is 0 Å². The Bertz CT molecular complexity index is 730. The van der Waals surface area contributed by atoms with Crippen LogP contribution < -0.4 is 20.7 Å². The number of nitrogens with two attached hydrogens (primary N) is 1. The molecule has 2 atom stereocenters. The Morgan fingerprint density at radius 2 is 1.97 bits per heavy atom. The van der Waals surface area contributed by atoms with Crippen molar-refractivity contribution in [3.8, 4) is 5.75 Å². The fraction of sp³-hybridized carbons (Fsp3) is 0.619. The standard InChI is InChI=1S/C21H33N3O5/c1-13(2)18(23-20(26)29-21(3,4)5)19(25)28-15-9-10-24(12-15)16-8-7-14(22)11-17(16)27-6/h7-8,11,13,15,18H,9-10,12,22H2,1-6H3,(H,23,26). The molecule has 0 aromatic heterocycles. The summed E-state index contributed by atoms with van der Waals surface area (Å²) >= 11 is 0. The van der Waals surface area contributed by atoms with Crippen LogP contribution in [0.4, 0.5) is 16.2 Å². The van der Waals surface area contributed by atoms with Gasteiger partial charge < -0.3 is 30.2 Å². The number of ether oxygens (including phenoxy) is 3. The molecule has 162 valence electrons. The Morgan fingerprint density at radius 1 is 1.28 bits per heavy atom. The molecule has 2 unspecified atom stereocenters. The van der Waals surface area contributed by atoms with Gasteiger partial charge in [-0.2, -0.15) is 0 Å². The average molecular weight is 408 g/mol. The van der Waals surface area contributed by atoms with Gasteiger partial charge in [-0.15, -0.1) is 0 Å². The summed E-state index contributed by atoms with van der Waals surface area (Å²) < 4.78 is 16.4. The van der Waals surface area contributed by atoms with E-state index in [-0.39, 0.29) is 12.0 Å². The number of nitrogens with zero attached hydrogens (tertiary/aromatic N) is 1. The third-order valence-corrected chi connectivity index (χ3v) is 4.57. The summed E-state index contributed by atoms with van der Waals surface area (Å²) in [5.74, 6) is 0.0929. The normalized spacial score (nSPS) is 17.8. The molecule has 0 saturated carbocycles. The molecule has 8 heteroatoms. The second kappa shape index (κ2) is 9.24. The number of rotatable bonds is 6. The molecular formula is C21H33N3O5. The molecule has 0 bridgehead atoms. The summed E-state index contributed by atoms with van der Waals surface area (Å²) in [6.07, 6.45) is -0.212. The molecule has 0 aliphatic carbocycles. The molecule has 1 saturated heterocycles. The summed E-state index contributed by atoms with van der Waals surface area (Å²) in [5, 5.41) is 2.63. The topological polar surface area (TPSA) is 103 Å². The van der Waals surface area contributed by atoms with Crippen molar-refractivity contribution in [2.24, 2.45) is 5.92 Å². The SMILES string of the molecule is COc1cc(N)ccc1N1CCC(OC(=O)C(NC(=O)OC(C)(C)C)C(C)C)C1. The van der Waals surface area contributed by atoms with Crippen molar-refractivity contribution in [1.29, 1.82) is 0 Å². The number of alkyl carbamates (subject to hydrolysis) is 1. The lowest BCUT2D eigenvalue weighted by molar-refractivity contribution is -0.151. The Labute approximate surface area is 172 Å². The number of amides is 1. The molecule has 29 heavy (non-hydrogen) atoms. The Kier molecular flexibility index (Phi) is 7.21. The third kappa shape index (κ3) is 6.44. The van der Waals surface area contributed by atoms with Crippen molar-refractivity contribution in [3.05, 3.63) is 18.2 Å². The van der Waals surface area contributed by atoms with E-state index in [0.717, 1.165) is 12.2 Å². The van der Waals surface area contributed by atoms with Crippen LogP contribution in [0.2, 0.25) is 0 Å². The second-order valence-electron chi connectivity index (χ2n) is 8.59. The number of esters is 1. The molecule has 1 aromatic carbocycles. The van der Waals surface area contributed by atoms with Gasteiger partial charge in [-0.1, -0.05) is 13.8 Å². The molecule has 0 spiro atoms. The molecule has 1 fully saturated rings. The predicted molar refractivity (Wildman–Crippen MR) is 112 cm³/mol. The average Bonchev–Trinajstić information content (AvgIpc) is 3.05. The van der Waals surface area contributed by atoms with E-state index >= 15 is 0 Å². The number of hydrogen-bond acceptors (Lipinski definition) is 7. The van der Waals surface area contributed by atoms with Crippen LogP contribution in [0.15, 0.2) is 18.2 Å². The summed E-state index contributed by atoms with van der Waals surface area (Å²) in [4.78, 5) is 26.9. The maximum atomic E-state index is 12.7. The minimum atomic E-state index is -0.773. The molecular weight excluding hydrogens is 374 g/mol. The first-order chi connectivity index (χ1) is 13.5. The van der Waals surface area contributed by atoms with E-state index in [9.17, 15) is 9.59 Å². The van der Waals surface area contributed by atoms with Crippen molar-refractivity contribution < 1.29 is 23.8 Å². The number of carbonyl (C=O) groups is 2. The number of benzene rings is 1. The molecule has 1 heterocycles. The van der Waals surface area contributed by atoms with Gasteiger partial charge >= 0.3 is 12.1 Å². The first-order valence-electron chi connectivity index (χ1n) is 9.88. The van der Waals surface area contributed by atoms with E-state index < -0.39 is 23.7 Å². The lowest BCUT2D eigenvalue weighted by atomic mass is 10.0. The van der Waals surface area contributed by atoms with Crippen LogP contribution >= 0.6 is 0 Å². The highest BCUT2D eigenvalue weighted by Crippen LogP contribution is 2.33. The summed E-state index contributed by atoms with van der Waals surface area (Å²) in [6.45, 7) is 10.3. The van der Waals surface area contributed by atoms with Gasteiger partial charge in [0.1, 0.15) is 23.5 Å². The van der Waals surface area contributed by atoms with Crippen LogP contribution in [0.3, 0.4) is 0 Å². The molecule has 1 aliphatic rings. The summed E-state index contributed by atoms with van der Waals surface area (Å²) in [6, 6.07) is 4.72. The van der Waals surface area contributed by atoms with E-state index in [2.05, 4.69) is 10.2 Å². The summed E-state index contributed by atoms with van der Waals surface area (Å²) in [7, 11) is 1.60. The smallest absolute Gasteiger partial charge is 0.408 e. The van der Waals surface area contributed by atoms with E-state index in [4.69, 9.17) is 19.9 Å². The van der Waals surface area contributed by atoms with Crippen LogP contribution in [0, 0.1) is 5.92 Å². The monoisotopic (exact) mass is 407 g/mol. The second-order valence-corrected chi connectivity index (χ2v) is 8.59. The lowest BCUT2D eigenvalue weighted by Gasteiger charge is -2.26. The summed E-state index contributed by atoms with van der Waals surface area (Å²) in [5.41, 5.74) is 6.72. The van der Waals surface area contributed by atoms with Crippen LogP contribution in [-0.4, -0.2) is 50.0 Å². The molecule has 2 rings (SSSR count). The minimum absolute atomic E-state index is 0.135. The number of nitrogen functional groups attached to an aromatic ring is 1. The lowest BCUT2D eigenvalue weighted by Crippen LogP contribution is -2.48. The maximum absolute atomic E-state index is 12.7.